The van der Waals surface area contributed by atoms with Crippen LogP contribution in [0.4, 0.5) is 5.69 Å². The Bertz CT molecular complexity index is 1060. The van der Waals surface area contributed by atoms with Crippen molar-refractivity contribution >= 4 is 22.5 Å². The predicted octanol–water partition coefficient (Wildman–Crippen LogP) is 2.37. The number of aromatic hydroxyl groups is 1. The molecule has 0 fully saturated rings. The second-order valence-corrected chi connectivity index (χ2v) is 5.22. The maximum absolute atomic E-state index is 12.5. The van der Waals surface area contributed by atoms with Crippen molar-refractivity contribution in [2.24, 2.45) is 7.05 Å². The van der Waals surface area contributed by atoms with Crippen LogP contribution < -0.4 is 10.9 Å². The maximum atomic E-state index is 12.5. The van der Waals surface area contributed by atoms with Crippen LogP contribution in [0, 0.1) is 11.3 Å². The monoisotopic (exact) mass is 319 g/mol. The van der Waals surface area contributed by atoms with Crippen LogP contribution in [0.25, 0.3) is 10.9 Å². The van der Waals surface area contributed by atoms with Gasteiger partial charge in [-0.1, -0.05) is 24.3 Å². The minimum atomic E-state index is -0.762. The van der Waals surface area contributed by atoms with Gasteiger partial charge in [0, 0.05) is 12.4 Å². The molecule has 6 heteroatoms. The number of anilines is 1. The lowest BCUT2D eigenvalue weighted by Gasteiger charge is -2.12. The lowest BCUT2D eigenvalue weighted by molar-refractivity contribution is 0.102. The normalized spacial score (nSPS) is 10.3. The molecule has 0 aliphatic carbocycles. The first kappa shape index (κ1) is 15.3. The molecule has 0 aliphatic rings. The van der Waals surface area contributed by atoms with Gasteiger partial charge in [0.15, 0.2) is 0 Å². The molecule has 2 N–H and O–H groups in total. The van der Waals surface area contributed by atoms with Gasteiger partial charge in [-0.25, -0.2) is 0 Å². The highest BCUT2D eigenvalue weighted by atomic mass is 16.3. The Balaban J connectivity index is 2.15. The molecular weight excluding hydrogens is 306 g/mol. The van der Waals surface area contributed by atoms with Crippen molar-refractivity contribution in [1.29, 1.82) is 5.26 Å². The Morgan fingerprint density at radius 3 is 2.58 bits per heavy atom. The fourth-order valence-electron chi connectivity index (χ4n) is 2.56. The Kier molecular flexibility index (Phi) is 3.76. The first-order chi connectivity index (χ1) is 11.5. The minimum absolute atomic E-state index is 0.267. The van der Waals surface area contributed by atoms with Crippen LogP contribution in [0.5, 0.6) is 5.75 Å². The number of rotatable bonds is 2. The van der Waals surface area contributed by atoms with Gasteiger partial charge in [0.1, 0.15) is 17.4 Å². The molecule has 3 aromatic rings. The van der Waals surface area contributed by atoms with Crippen LogP contribution in [0.2, 0.25) is 0 Å². The molecule has 1 amide bonds. The second-order valence-electron chi connectivity index (χ2n) is 5.22. The highest BCUT2D eigenvalue weighted by Gasteiger charge is 2.21. The molecule has 24 heavy (non-hydrogen) atoms. The zero-order valence-electron chi connectivity index (χ0n) is 12.8. The standard InChI is InChI=1S/C18H13N3O3/c1-21-14-9-5-3-7-12(14)16(22)15(18(21)24)17(23)20-13-8-4-2-6-11(13)10-19/h2-9,22H,1H3,(H,20,23). The highest BCUT2D eigenvalue weighted by molar-refractivity contribution is 6.09. The molecule has 6 nitrogen and oxygen atoms in total. The van der Waals surface area contributed by atoms with Gasteiger partial charge in [0.05, 0.1) is 16.8 Å². The molecule has 2 aromatic carbocycles. The number of amides is 1. The van der Waals surface area contributed by atoms with E-state index in [9.17, 15) is 14.7 Å². The van der Waals surface area contributed by atoms with E-state index in [0.29, 0.717) is 10.9 Å². The molecule has 3 rings (SSSR count). The van der Waals surface area contributed by atoms with E-state index in [2.05, 4.69) is 5.32 Å². The number of carbonyl (C=O) groups excluding carboxylic acids is 1. The number of pyridine rings is 1. The topological polar surface area (TPSA) is 95.1 Å². The lowest BCUT2D eigenvalue weighted by Crippen LogP contribution is -2.28. The van der Waals surface area contributed by atoms with Crippen LogP contribution in [0.15, 0.2) is 53.3 Å². The van der Waals surface area contributed by atoms with Crippen LogP contribution in [-0.2, 0) is 7.05 Å². The molecule has 1 aromatic heterocycles. The minimum Gasteiger partial charge on any atom is -0.506 e. The smallest absolute Gasteiger partial charge is 0.267 e. The molecule has 0 aliphatic heterocycles. The van der Waals surface area contributed by atoms with Crippen LogP contribution in [-0.4, -0.2) is 15.6 Å². The number of fused-ring (bicyclic) bond motifs is 1. The van der Waals surface area contributed by atoms with Crippen molar-refractivity contribution in [3.63, 3.8) is 0 Å². The van der Waals surface area contributed by atoms with Crippen molar-refractivity contribution in [2.75, 3.05) is 5.32 Å². The molecule has 1 heterocycles. The van der Waals surface area contributed by atoms with Crippen molar-refractivity contribution in [3.8, 4) is 11.8 Å². The second kappa shape index (κ2) is 5.89. The zero-order valence-corrected chi connectivity index (χ0v) is 12.8. The fourth-order valence-corrected chi connectivity index (χ4v) is 2.56. The summed E-state index contributed by atoms with van der Waals surface area (Å²) >= 11 is 0. The molecule has 0 unspecified atom stereocenters. The molecule has 118 valence electrons. The Morgan fingerprint density at radius 1 is 1.17 bits per heavy atom. The van der Waals surface area contributed by atoms with E-state index in [1.54, 1.807) is 48.5 Å². The van der Waals surface area contributed by atoms with Gasteiger partial charge in [-0.05, 0) is 24.3 Å². The quantitative estimate of drug-likeness (QED) is 0.758. The predicted molar refractivity (Wildman–Crippen MR) is 90.0 cm³/mol. The first-order valence-electron chi connectivity index (χ1n) is 7.15. The molecule has 0 spiro atoms. The Morgan fingerprint density at radius 2 is 1.83 bits per heavy atom. The summed E-state index contributed by atoms with van der Waals surface area (Å²) in [7, 11) is 1.53. The third-order valence-corrected chi connectivity index (χ3v) is 3.80. The van der Waals surface area contributed by atoms with Crippen molar-refractivity contribution in [2.45, 2.75) is 0 Å². The van der Waals surface area contributed by atoms with Gasteiger partial charge >= 0.3 is 0 Å². The summed E-state index contributed by atoms with van der Waals surface area (Å²) in [5.74, 6) is -1.14. The summed E-state index contributed by atoms with van der Waals surface area (Å²) in [4.78, 5) is 25.0. The van der Waals surface area contributed by atoms with Crippen molar-refractivity contribution in [1.82, 2.24) is 4.57 Å². The Labute approximate surface area is 137 Å². The number of hydrogen-bond acceptors (Lipinski definition) is 4. The number of para-hydroxylation sites is 2. The van der Waals surface area contributed by atoms with Crippen LogP contribution in [0.1, 0.15) is 15.9 Å². The number of nitrogens with one attached hydrogen (secondary N) is 1. The van der Waals surface area contributed by atoms with E-state index in [1.165, 1.54) is 11.6 Å². The third kappa shape index (κ3) is 2.38. The number of aromatic nitrogens is 1. The van der Waals surface area contributed by atoms with Gasteiger partial charge < -0.3 is 15.0 Å². The summed E-state index contributed by atoms with van der Waals surface area (Å²) in [5, 5.41) is 22.4. The summed E-state index contributed by atoms with van der Waals surface area (Å²) < 4.78 is 1.31. The molecule has 0 saturated carbocycles. The molecular formula is C18H13N3O3. The van der Waals surface area contributed by atoms with E-state index >= 15 is 0 Å². The molecule has 0 bridgehead atoms. The average Bonchev–Trinajstić information content (AvgIpc) is 2.60. The van der Waals surface area contributed by atoms with Gasteiger partial charge in [-0.2, -0.15) is 5.26 Å². The summed E-state index contributed by atoms with van der Waals surface area (Å²) in [6.45, 7) is 0. The summed E-state index contributed by atoms with van der Waals surface area (Å²) in [6.07, 6.45) is 0. The molecule has 0 saturated heterocycles. The number of nitrogens with zero attached hydrogens (tertiary/aromatic N) is 2. The average molecular weight is 319 g/mol. The van der Waals surface area contributed by atoms with Gasteiger partial charge in [-0.15, -0.1) is 0 Å². The van der Waals surface area contributed by atoms with E-state index in [-0.39, 0.29) is 22.6 Å². The van der Waals surface area contributed by atoms with Crippen LogP contribution in [0.3, 0.4) is 0 Å². The van der Waals surface area contributed by atoms with Gasteiger partial charge in [0.2, 0.25) is 0 Å². The van der Waals surface area contributed by atoms with E-state index in [0.717, 1.165) is 0 Å². The fraction of sp³-hybridized carbons (Fsp3) is 0.0556. The van der Waals surface area contributed by atoms with Gasteiger partial charge in [-0.3, -0.25) is 9.59 Å². The van der Waals surface area contributed by atoms with Gasteiger partial charge in [0.25, 0.3) is 11.5 Å². The van der Waals surface area contributed by atoms with E-state index in [1.807, 2.05) is 6.07 Å². The lowest BCUT2D eigenvalue weighted by atomic mass is 10.1. The number of hydrogen-bond donors (Lipinski definition) is 2. The third-order valence-electron chi connectivity index (χ3n) is 3.80. The first-order valence-corrected chi connectivity index (χ1v) is 7.15. The van der Waals surface area contributed by atoms with Crippen molar-refractivity contribution in [3.05, 3.63) is 70.0 Å². The Hall–Kier alpha value is -3.59. The maximum Gasteiger partial charge on any atom is 0.267 e. The summed E-state index contributed by atoms with van der Waals surface area (Å²) in [6, 6.07) is 15.2. The number of nitriles is 1. The van der Waals surface area contributed by atoms with E-state index < -0.39 is 11.5 Å². The number of carbonyl (C=O) groups is 1. The van der Waals surface area contributed by atoms with Crippen molar-refractivity contribution < 1.29 is 9.90 Å². The molecule has 0 atom stereocenters. The van der Waals surface area contributed by atoms with E-state index in [4.69, 9.17) is 5.26 Å². The van der Waals surface area contributed by atoms with Crippen LogP contribution >= 0.6 is 0 Å². The highest BCUT2D eigenvalue weighted by Crippen LogP contribution is 2.26. The SMILES string of the molecule is Cn1c(=O)c(C(=O)Nc2ccccc2C#N)c(O)c2ccccc21. The largest absolute Gasteiger partial charge is 0.506 e. The molecule has 0 radical (unpaired) electrons. The zero-order chi connectivity index (χ0) is 17.3. The summed E-state index contributed by atoms with van der Waals surface area (Å²) in [5.41, 5.74) is 0.0959. The number of aryl methyl sites for hydroxylation is 1. The number of benzene rings is 2.